The molecule has 0 aliphatic carbocycles. The van der Waals surface area contributed by atoms with Crippen molar-refractivity contribution in [2.75, 3.05) is 7.05 Å². The highest BCUT2D eigenvalue weighted by atomic mass is 35.5. The third kappa shape index (κ3) is 4.17. The maximum Gasteiger partial charge on any atom is 0.303 e. The van der Waals surface area contributed by atoms with Crippen molar-refractivity contribution in [2.45, 2.75) is 18.9 Å². The molecule has 0 radical (unpaired) electrons. The molecule has 0 aliphatic rings. The van der Waals surface area contributed by atoms with Crippen LogP contribution in [-0.2, 0) is 4.79 Å². The van der Waals surface area contributed by atoms with Crippen LogP contribution in [0.4, 0.5) is 0 Å². The fourth-order valence-electron chi connectivity index (χ4n) is 1.49. The Bertz CT molecular complexity index is 403. The van der Waals surface area contributed by atoms with E-state index in [-0.39, 0.29) is 18.6 Å². The molecule has 4 nitrogen and oxygen atoms in total. The quantitative estimate of drug-likeness (QED) is 0.763. The van der Waals surface area contributed by atoms with Crippen LogP contribution in [0, 0.1) is 0 Å². The van der Waals surface area contributed by atoms with E-state index in [1.807, 2.05) is 0 Å². The highest BCUT2D eigenvalue weighted by Crippen LogP contribution is 2.12. The summed E-state index contributed by atoms with van der Waals surface area (Å²) in [5, 5.41) is 12.0. The maximum atomic E-state index is 12.0. The van der Waals surface area contributed by atoms with E-state index >= 15 is 0 Å². The summed E-state index contributed by atoms with van der Waals surface area (Å²) >= 11 is 5.73. The van der Waals surface area contributed by atoms with Gasteiger partial charge in [0.25, 0.3) is 0 Å². The Morgan fingerprint density at radius 1 is 1.35 bits per heavy atom. The standard InChI is InChI=1S/C12H14ClNO3/c1-14-10(6-7-11(15)16)12(17)8-2-4-9(13)5-3-8/h2-5,10,14H,6-7H2,1H3,(H,15,16). The van der Waals surface area contributed by atoms with Gasteiger partial charge in [-0.1, -0.05) is 11.6 Å². The van der Waals surface area contributed by atoms with E-state index < -0.39 is 12.0 Å². The molecule has 92 valence electrons. The molecule has 5 heteroatoms. The molecule has 0 aliphatic heterocycles. The number of hydrogen-bond acceptors (Lipinski definition) is 3. The Kier molecular flexibility index (Phi) is 5.12. The number of carbonyl (C=O) groups excluding carboxylic acids is 1. The first-order valence-corrected chi connectivity index (χ1v) is 5.61. The molecule has 0 spiro atoms. The van der Waals surface area contributed by atoms with Crippen molar-refractivity contribution in [1.82, 2.24) is 5.32 Å². The SMILES string of the molecule is CNC(CCC(=O)O)C(=O)c1ccc(Cl)cc1. The lowest BCUT2D eigenvalue weighted by Crippen LogP contribution is -2.34. The number of nitrogens with one attached hydrogen (secondary N) is 1. The van der Waals surface area contributed by atoms with Crippen LogP contribution >= 0.6 is 11.6 Å². The molecule has 1 aromatic rings. The van der Waals surface area contributed by atoms with Crippen LogP contribution in [0.25, 0.3) is 0 Å². The van der Waals surface area contributed by atoms with Crippen LogP contribution in [0.3, 0.4) is 0 Å². The zero-order chi connectivity index (χ0) is 12.8. The molecule has 0 heterocycles. The molecule has 2 N–H and O–H groups in total. The van der Waals surface area contributed by atoms with E-state index in [1.165, 1.54) is 0 Å². The summed E-state index contributed by atoms with van der Waals surface area (Å²) in [6, 6.07) is 6.07. The number of rotatable bonds is 6. The predicted molar refractivity (Wildman–Crippen MR) is 65.5 cm³/mol. The second kappa shape index (κ2) is 6.37. The number of carboxylic acids is 1. The number of carbonyl (C=O) groups is 2. The summed E-state index contributed by atoms with van der Waals surface area (Å²) in [5.74, 6) is -1.03. The lowest BCUT2D eigenvalue weighted by atomic mass is 10.0. The number of carboxylic acid groups (broad SMARTS) is 1. The van der Waals surface area contributed by atoms with Crippen molar-refractivity contribution in [1.29, 1.82) is 0 Å². The molecule has 1 rings (SSSR count). The Morgan fingerprint density at radius 2 is 1.94 bits per heavy atom. The minimum atomic E-state index is -0.908. The number of ketones is 1. The van der Waals surface area contributed by atoms with Crippen molar-refractivity contribution in [3.05, 3.63) is 34.9 Å². The summed E-state index contributed by atoms with van der Waals surface area (Å²) in [6.07, 6.45) is 0.234. The van der Waals surface area contributed by atoms with Crippen molar-refractivity contribution in [3.8, 4) is 0 Å². The van der Waals surface area contributed by atoms with Gasteiger partial charge in [0.15, 0.2) is 5.78 Å². The largest absolute Gasteiger partial charge is 0.481 e. The minimum absolute atomic E-state index is 0.0369. The number of halogens is 1. The molecular weight excluding hydrogens is 242 g/mol. The zero-order valence-electron chi connectivity index (χ0n) is 9.44. The molecule has 0 bridgehead atoms. The average Bonchev–Trinajstić information content (AvgIpc) is 2.30. The first-order chi connectivity index (χ1) is 8.04. The molecule has 1 atom stereocenters. The molecule has 0 amide bonds. The Morgan fingerprint density at radius 3 is 2.41 bits per heavy atom. The summed E-state index contributed by atoms with van der Waals surface area (Å²) in [6.45, 7) is 0. The summed E-state index contributed by atoms with van der Waals surface area (Å²) < 4.78 is 0. The fraction of sp³-hybridized carbons (Fsp3) is 0.333. The summed E-state index contributed by atoms with van der Waals surface area (Å²) in [5.41, 5.74) is 0.527. The van der Waals surface area contributed by atoms with Crippen molar-refractivity contribution < 1.29 is 14.7 Å². The van der Waals surface area contributed by atoms with Crippen LogP contribution in [0.1, 0.15) is 23.2 Å². The molecule has 0 aromatic heterocycles. The molecule has 1 aromatic carbocycles. The van der Waals surface area contributed by atoms with E-state index in [0.29, 0.717) is 10.6 Å². The van der Waals surface area contributed by atoms with Crippen LogP contribution < -0.4 is 5.32 Å². The normalized spacial score (nSPS) is 12.1. The van der Waals surface area contributed by atoms with E-state index in [9.17, 15) is 9.59 Å². The summed E-state index contributed by atoms with van der Waals surface area (Å²) in [7, 11) is 1.64. The second-order valence-electron chi connectivity index (χ2n) is 3.64. The van der Waals surface area contributed by atoms with Gasteiger partial charge >= 0.3 is 5.97 Å². The summed E-state index contributed by atoms with van der Waals surface area (Å²) in [4.78, 5) is 22.5. The van der Waals surface area contributed by atoms with E-state index in [4.69, 9.17) is 16.7 Å². The molecular formula is C12H14ClNO3. The lowest BCUT2D eigenvalue weighted by molar-refractivity contribution is -0.137. The highest BCUT2D eigenvalue weighted by Gasteiger charge is 2.18. The lowest BCUT2D eigenvalue weighted by Gasteiger charge is -2.13. The topological polar surface area (TPSA) is 66.4 Å². The first kappa shape index (κ1) is 13.7. The zero-order valence-corrected chi connectivity index (χ0v) is 10.2. The van der Waals surface area contributed by atoms with Crippen LogP contribution in [0.5, 0.6) is 0 Å². The highest BCUT2D eigenvalue weighted by molar-refractivity contribution is 6.30. The fourth-order valence-corrected chi connectivity index (χ4v) is 1.62. The van der Waals surface area contributed by atoms with Gasteiger partial charge in [-0.3, -0.25) is 9.59 Å². The number of hydrogen-bond donors (Lipinski definition) is 2. The van der Waals surface area contributed by atoms with E-state index in [0.717, 1.165) is 0 Å². The van der Waals surface area contributed by atoms with Crippen LogP contribution in [0.15, 0.2) is 24.3 Å². The van der Waals surface area contributed by atoms with Gasteiger partial charge in [0, 0.05) is 17.0 Å². The molecule has 0 saturated carbocycles. The Balaban J connectivity index is 2.71. The smallest absolute Gasteiger partial charge is 0.303 e. The second-order valence-corrected chi connectivity index (χ2v) is 4.08. The predicted octanol–water partition coefficient (Wildman–Crippen LogP) is 1.98. The molecule has 0 saturated heterocycles. The van der Waals surface area contributed by atoms with Gasteiger partial charge in [0.1, 0.15) is 0 Å². The van der Waals surface area contributed by atoms with Gasteiger partial charge < -0.3 is 10.4 Å². The molecule has 0 fully saturated rings. The minimum Gasteiger partial charge on any atom is -0.481 e. The number of likely N-dealkylation sites (N-methyl/N-ethyl adjacent to an activating group) is 1. The van der Waals surface area contributed by atoms with Gasteiger partial charge in [-0.15, -0.1) is 0 Å². The third-order valence-electron chi connectivity index (χ3n) is 2.44. The van der Waals surface area contributed by atoms with E-state index in [1.54, 1.807) is 31.3 Å². The molecule has 17 heavy (non-hydrogen) atoms. The number of benzene rings is 1. The first-order valence-electron chi connectivity index (χ1n) is 5.23. The van der Waals surface area contributed by atoms with Gasteiger partial charge in [0.2, 0.25) is 0 Å². The third-order valence-corrected chi connectivity index (χ3v) is 2.69. The van der Waals surface area contributed by atoms with Crippen LogP contribution in [0.2, 0.25) is 5.02 Å². The maximum absolute atomic E-state index is 12.0. The monoisotopic (exact) mass is 255 g/mol. The van der Waals surface area contributed by atoms with E-state index in [2.05, 4.69) is 5.32 Å². The van der Waals surface area contributed by atoms with Gasteiger partial charge in [0.05, 0.1) is 6.04 Å². The Labute approximate surface area is 105 Å². The van der Waals surface area contributed by atoms with Crippen molar-refractivity contribution in [3.63, 3.8) is 0 Å². The van der Waals surface area contributed by atoms with Crippen LogP contribution in [-0.4, -0.2) is 29.9 Å². The van der Waals surface area contributed by atoms with Crippen molar-refractivity contribution >= 4 is 23.4 Å². The molecule has 1 unspecified atom stereocenters. The van der Waals surface area contributed by atoms with Gasteiger partial charge in [-0.25, -0.2) is 0 Å². The number of Topliss-reactive ketones (excluding diaryl/α,β-unsaturated/α-hetero) is 1. The average molecular weight is 256 g/mol. The Hall–Kier alpha value is -1.39. The van der Waals surface area contributed by atoms with Gasteiger partial charge in [-0.2, -0.15) is 0 Å². The number of aliphatic carboxylic acids is 1. The van der Waals surface area contributed by atoms with Crippen molar-refractivity contribution in [2.24, 2.45) is 0 Å². The van der Waals surface area contributed by atoms with Gasteiger partial charge in [-0.05, 0) is 37.7 Å².